The van der Waals surface area contributed by atoms with E-state index in [0.717, 1.165) is 16.7 Å². The van der Waals surface area contributed by atoms with Gasteiger partial charge in [-0.15, -0.1) is 0 Å². The van der Waals surface area contributed by atoms with Crippen LogP contribution in [0.25, 0.3) is 0 Å². The van der Waals surface area contributed by atoms with Crippen molar-refractivity contribution in [2.24, 2.45) is 0 Å². The number of sulfonamides is 1. The zero-order valence-electron chi connectivity index (χ0n) is 17.5. The van der Waals surface area contributed by atoms with Crippen molar-refractivity contribution in [1.29, 1.82) is 0 Å². The number of nitrogens with zero attached hydrogens (tertiary/aromatic N) is 1. The van der Waals surface area contributed by atoms with Crippen molar-refractivity contribution in [3.05, 3.63) is 83.7 Å². The summed E-state index contributed by atoms with van der Waals surface area (Å²) in [5.74, 6) is 0.310. The van der Waals surface area contributed by atoms with Crippen LogP contribution in [0.2, 0.25) is 0 Å². The van der Waals surface area contributed by atoms with E-state index in [1.807, 2.05) is 26.0 Å². The summed E-state index contributed by atoms with van der Waals surface area (Å²) in [5.41, 5.74) is 3.43. The Kier molecular flexibility index (Phi) is 7.38. The van der Waals surface area contributed by atoms with Gasteiger partial charge in [-0.2, -0.15) is 0 Å². The number of nitrogens with one attached hydrogen (secondary N) is 2. The van der Waals surface area contributed by atoms with E-state index in [1.54, 1.807) is 54.9 Å². The Hall–Kier alpha value is -3.23. The standard InChI is InChI=1S/C23H25N3O4S/c1-17-8-9-22(13-18(17)2)31(28,29)25-12-10-23(27)26-20-6-3-7-21(14-20)30-16-19-5-4-11-24-15-19/h3-9,11,13-15,25H,10,12,16H2,1-2H3,(H,26,27). The molecule has 3 aromatic rings. The lowest BCUT2D eigenvalue weighted by Crippen LogP contribution is -2.28. The summed E-state index contributed by atoms with van der Waals surface area (Å²) in [5, 5.41) is 2.76. The minimum atomic E-state index is -3.66. The van der Waals surface area contributed by atoms with Gasteiger partial charge in [-0.1, -0.05) is 18.2 Å². The van der Waals surface area contributed by atoms with E-state index in [9.17, 15) is 13.2 Å². The number of rotatable bonds is 9. The number of carbonyl (C=O) groups excluding carboxylic acids is 1. The van der Waals surface area contributed by atoms with Crippen LogP contribution in [-0.4, -0.2) is 25.9 Å². The molecular weight excluding hydrogens is 414 g/mol. The van der Waals surface area contributed by atoms with Crippen LogP contribution in [0.4, 0.5) is 5.69 Å². The van der Waals surface area contributed by atoms with Gasteiger partial charge in [-0.05, 0) is 55.3 Å². The Balaban J connectivity index is 1.49. The number of hydrogen-bond acceptors (Lipinski definition) is 5. The molecule has 7 nitrogen and oxygen atoms in total. The molecule has 162 valence electrons. The fourth-order valence-electron chi connectivity index (χ4n) is 2.80. The maximum absolute atomic E-state index is 12.4. The van der Waals surface area contributed by atoms with Gasteiger partial charge in [0.25, 0.3) is 0 Å². The number of anilines is 1. The average Bonchev–Trinajstić information content (AvgIpc) is 2.75. The minimum absolute atomic E-state index is 0.00170. The van der Waals surface area contributed by atoms with E-state index in [2.05, 4.69) is 15.0 Å². The van der Waals surface area contributed by atoms with Gasteiger partial charge >= 0.3 is 0 Å². The molecule has 0 saturated carbocycles. The Morgan fingerprint density at radius 1 is 1.03 bits per heavy atom. The van der Waals surface area contributed by atoms with Crippen molar-refractivity contribution >= 4 is 21.6 Å². The number of ether oxygens (including phenoxy) is 1. The Bertz CT molecular complexity index is 1150. The van der Waals surface area contributed by atoms with Crippen LogP contribution in [0, 0.1) is 13.8 Å². The first-order valence-electron chi connectivity index (χ1n) is 9.82. The lowest BCUT2D eigenvalue weighted by Gasteiger charge is -2.10. The second kappa shape index (κ2) is 10.2. The third-order valence-electron chi connectivity index (χ3n) is 4.68. The molecule has 0 aliphatic carbocycles. The zero-order chi connectivity index (χ0) is 22.3. The highest BCUT2D eigenvalue weighted by atomic mass is 32.2. The van der Waals surface area contributed by atoms with E-state index in [-0.39, 0.29) is 23.8 Å². The van der Waals surface area contributed by atoms with E-state index in [0.29, 0.717) is 18.0 Å². The van der Waals surface area contributed by atoms with Gasteiger partial charge in [0.05, 0.1) is 4.90 Å². The van der Waals surface area contributed by atoms with Gasteiger partial charge in [0.15, 0.2) is 0 Å². The second-order valence-corrected chi connectivity index (χ2v) is 8.89. The quantitative estimate of drug-likeness (QED) is 0.531. The van der Waals surface area contributed by atoms with Crippen LogP contribution in [0.1, 0.15) is 23.1 Å². The van der Waals surface area contributed by atoms with Crippen molar-refractivity contribution < 1.29 is 17.9 Å². The van der Waals surface area contributed by atoms with Crippen molar-refractivity contribution in [2.45, 2.75) is 31.8 Å². The highest BCUT2D eigenvalue weighted by Gasteiger charge is 2.15. The molecule has 0 aliphatic heterocycles. The van der Waals surface area contributed by atoms with E-state index >= 15 is 0 Å². The highest BCUT2D eigenvalue weighted by Crippen LogP contribution is 2.19. The molecule has 0 radical (unpaired) electrons. The Labute approximate surface area is 182 Å². The summed E-state index contributed by atoms with van der Waals surface area (Å²) in [4.78, 5) is 16.5. The summed E-state index contributed by atoms with van der Waals surface area (Å²) in [7, 11) is -3.66. The first-order chi connectivity index (χ1) is 14.8. The first-order valence-corrected chi connectivity index (χ1v) is 11.3. The summed E-state index contributed by atoms with van der Waals surface area (Å²) >= 11 is 0. The molecule has 1 aromatic heterocycles. The molecule has 3 rings (SSSR count). The van der Waals surface area contributed by atoms with E-state index in [4.69, 9.17) is 4.74 Å². The Morgan fingerprint density at radius 3 is 2.61 bits per heavy atom. The third kappa shape index (κ3) is 6.63. The van der Waals surface area contributed by atoms with Gasteiger partial charge in [0.2, 0.25) is 15.9 Å². The number of aryl methyl sites for hydroxylation is 2. The molecule has 0 saturated heterocycles. The molecule has 0 bridgehead atoms. The van der Waals surface area contributed by atoms with Crippen LogP contribution in [0.5, 0.6) is 5.75 Å². The lowest BCUT2D eigenvalue weighted by molar-refractivity contribution is -0.116. The molecule has 2 N–H and O–H groups in total. The van der Waals surface area contributed by atoms with Crippen molar-refractivity contribution in [3.63, 3.8) is 0 Å². The number of carbonyl (C=O) groups is 1. The summed E-state index contributed by atoms with van der Waals surface area (Å²) in [6.07, 6.45) is 3.43. The van der Waals surface area contributed by atoms with Gasteiger partial charge < -0.3 is 10.1 Å². The number of hydrogen-bond donors (Lipinski definition) is 2. The normalized spacial score (nSPS) is 11.2. The van der Waals surface area contributed by atoms with Gasteiger partial charge in [-0.3, -0.25) is 9.78 Å². The van der Waals surface area contributed by atoms with Gasteiger partial charge in [-0.25, -0.2) is 13.1 Å². The number of amides is 1. The van der Waals surface area contributed by atoms with Crippen LogP contribution in [0.15, 0.2) is 71.9 Å². The fourth-order valence-corrected chi connectivity index (χ4v) is 3.92. The molecule has 1 amide bonds. The molecule has 8 heteroatoms. The second-order valence-electron chi connectivity index (χ2n) is 7.12. The maximum Gasteiger partial charge on any atom is 0.240 e. The molecule has 0 fully saturated rings. The summed E-state index contributed by atoms with van der Waals surface area (Å²) in [6, 6.07) is 15.7. The van der Waals surface area contributed by atoms with Crippen LogP contribution >= 0.6 is 0 Å². The summed E-state index contributed by atoms with van der Waals surface area (Å²) in [6.45, 7) is 4.14. The van der Waals surface area contributed by atoms with Crippen molar-refractivity contribution in [1.82, 2.24) is 9.71 Å². The predicted octanol–water partition coefficient (Wildman–Crippen LogP) is 3.58. The van der Waals surface area contributed by atoms with Crippen LogP contribution in [-0.2, 0) is 21.4 Å². The van der Waals surface area contributed by atoms with Crippen molar-refractivity contribution in [3.8, 4) is 5.75 Å². The van der Waals surface area contributed by atoms with Crippen LogP contribution < -0.4 is 14.8 Å². The van der Waals surface area contributed by atoms with Crippen molar-refractivity contribution in [2.75, 3.05) is 11.9 Å². The minimum Gasteiger partial charge on any atom is -0.489 e. The molecule has 1 heterocycles. The van der Waals surface area contributed by atoms with E-state index in [1.165, 1.54) is 0 Å². The zero-order valence-corrected chi connectivity index (χ0v) is 18.3. The number of aromatic nitrogens is 1. The molecule has 0 aliphatic rings. The van der Waals surface area contributed by atoms with E-state index < -0.39 is 10.0 Å². The van der Waals surface area contributed by atoms with Gasteiger partial charge in [0, 0.05) is 42.7 Å². The first kappa shape index (κ1) is 22.5. The van der Waals surface area contributed by atoms with Gasteiger partial charge in [0.1, 0.15) is 12.4 Å². The summed E-state index contributed by atoms with van der Waals surface area (Å²) < 4.78 is 33.0. The number of benzene rings is 2. The molecule has 31 heavy (non-hydrogen) atoms. The SMILES string of the molecule is Cc1ccc(S(=O)(=O)NCCC(=O)Nc2cccc(OCc3cccnc3)c2)cc1C. The lowest BCUT2D eigenvalue weighted by atomic mass is 10.1. The molecule has 0 atom stereocenters. The molecular formula is C23H25N3O4S. The Morgan fingerprint density at radius 2 is 1.87 bits per heavy atom. The topological polar surface area (TPSA) is 97.4 Å². The largest absolute Gasteiger partial charge is 0.489 e. The number of pyridine rings is 1. The molecule has 2 aromatic carbocycles. The molecule has 0 spiro atoms. The van der Waals surface area contributed by atoms with Crippen LogP contribution in [0.3, 0.4) is 0 Å². The predicted molar refractivity (Wildman–Crippen MR) is 119 cm³/mol. The fraction of sp³-hybridized carbons (Fsp3) is 0.217. The maximum atomic E-state index is 12.4. The molecule has 0 unspecified atom stereocenters. The highest BCUT2D eigenvalue weighted by molar-refractivity contribution is 7.89. The average molecular weight is 440 g/mol. The monoisotopic (exact) mass is 439 g/mol. The third-order valence-corrected chi connectivity index (χ3v) is 6.14. The smallest absolute Gasteiger partial charge is 0.240 e.